The number of nitrogens with one attached hydrogen (secondary N) is 1. The molecule has 0 bridgehead atoms. The van der Waals surface area contributed by atoms with E-state index in [9.17, 15) is 4.79 Å². The minimum Gasteiger partial charge on any atom is -0.495 e. The molecule has 0 saturated heterocycles. The number of amides is 1. The number of rotatable bonds is 3. The highest BCUT2D eigenvalue weighted by molar-refractivity contribution is 9.10. The number of aromatic nitrogens is 1. The predicted molar refractivity (Wildman–Crippen MR) is 77.9 cm³/mol. The topological polar surface area (TPSA) is 51.2 Å². The molecule has 0 aliphatic carbocycles. The maximum atomic E-state index is 12.0. The highest BCUT2D eigenvalue weighted by Crippen LogP contribution is 2.27. The van der Waals surface area contributed by atoms with E-state index in [4.69, 9.17) is 16.3 Å². The predicted octanol–water partition coefficient (Wildman–Crippen LogP) is 3.76. The zero-order valence-corrected chi connectivity index (χ0v) is 12.3. The van der Waals surface area contributed by atoms with Gasteiger partial charge in [0.1, 0.15) is 16.0 Å². The number of pyridine rings is 1. The van der Waals surface area contributed by atoms with Crippen molar-refractivity contribution in [3.63, 3.8) is 0 Å². The largest absolute Gasteiger partial charge is 0.495 e. The number of benzene rings is 1. The van der Waals surface area contributed by atoms with E-state index in [0.29, 0.717) is 26.8 Å². The Morgan fingerprint density at radius 1 is 1.37 bits per heavy atom. The van der Waals surface area contributed by atoms with Crippen molar-refractivity contribution in [3.05, 3.63) is 51.7 Å². The van der Waals surface area contributed by atoms with Crippen molar-refractivity contribution in [1.82, 2.24) is 4.98 Å². The average molecular weight is 342 g/mol. The molecule has 0 unspecified atom stereocenters. The monoisotopic (exact) mass is 340 g/mol. The van der Waals surface area contributed by atoms with E-state index in [2.05, 4.69) is 26.2 Å². The number of hydrogen-bond acceptors (Lipinski definition) is 3. The number of anilines is 1. The third-order valence-corrected chi connectivity index (χ3v) is 3.09. The summed E-state index contributed by atoms with van der Waals surface area (Å²) in [5, 5.41) is 3.15. The molecule has 98 valence electrons. The first kappa shape index (κ1) is 13.8. The maximum absolute atomic E-state index is 12.0. The van der Waals surface area contributed by atoms with Crippen LogP contribution in [0.25, 0.3) is 0 Å². The van der Waals surface area contributed by atoms with Crippen LogP contribution in [0.5, 0.6) is 5.75 Å². The van der Waals surface area contributed by atoms with Crippen LogP contribution >= 0.6 is 27.5 Å². The second-order valence-corrected chi connectivity index (χ2v) is 4.87. The molecule has 1 amide bonds. The quantitative estimate of drug-likeness (QED) is 0.865. The molecule has 1 aromatic carbocycles. The number of hydrogen-bond donors (Lipinski definition) is 1. The Labute approximate surface area is 123 Å². The fourth-order valence-corrected chi connectivity index (χ4v) is 2.08. The first-order valence-corrected chi connectivity index (χ1v) is 6.54. The lowest BCUT2D eigenvalue weighted by atomic mass is 10.2. The maximum Gasteiger partial charge on any atom is 0.274 e. The van der Waals surface area contributed by atoms with E-state index in [0.717, 1.165) is 0 Å². The normalized spacial score (nSPS) is 10.1. The van der Waals surface area contributed by atoms with Crippen molar-refractivity contribution in [2.45, 2.75) is 0 Å². The van der Waals surface area contributed by atoms with E-state index >= 15 is 0 Å². The van der Waals surface area contributed by atoms with Gasteiger partial charge in [-0.05, 0) is 46.3 Å². The molecule has 1 aromatic heterocycles. The fraction of sp³-hybridized carbons (Fsp3) is 0.0769. The lowest BCUT2D eigenvalue weighted by Gasteiger charge is -2.07. The third-order valence-electron chi connectivity index (χ3n) is 2.36. The number of ether oxygens (including phenoxy) is 1. The van der Waals surface area contributed by atoms with Crippen molar-refractivity contribution < 1.29 is 9.53 Å². The van der Waals surface area contributed by atoms with Crippen LogP contribution in [-0.4, -0.2) is 18.0 Å². The third kappa shape index (κ3) is 3.45. The summed E-state index contributed by atoms with van der Waals surface area (Å²) in [7, 11) is 1.53. The summed E-state index contributed by atoms with van der Waals surface area (Å²) in [5.41, 5.74) is 0.902. The minimum absolute atomic E-state index is 0.303. The van der Waals surface area contributed by atoms with E-state index < -0.39 is 0 Å². The van der Waals surface area contributed by atoms with Crippen molar-refractivity contribution >= 4 is 39.1 Å². The molecule has 0 atom stereocenters. The first-order chi connectivity index (χ1) is 9.10. The number of methoxy groups -OCH3 is 1. The van der Waals surface area contributed by atoms with Crippen LogP contribution in [-0.2, 0) is 0 Å². The standard InChI is InChI=1S/C13H10BrClN2O2/c1-19-11-6-5-8(7-9(11)15)16-13(18)10-3-2-4-12(14)17-10/h2-7H,1H3,(H,16,18). The van der Waals surface area contributed by atoms with Gasteiger partial charge in [0.2, 0.25) is 0 Å². The van der Waals surface area contributed by atoms with Gasteiger partial charge in [-0.15, -0.1) is 0 Å². The Hall–Kier alpha value is -1.59. The van der Waals surface area contributed by atoms with Gasteiger partial charge in [-0.1, -0.05) is 17.7 Å². The minimum atomic E-state index is -0.303. The van der Waals surface area contributed by atoms with Crippen molar-refractivity contribution in [3.8, 4) is 5.75 Å². The Bertz CT molecular complexity index is 619. The molecule has 1 N–H and O–H groups in total. The number of carbonyl (C=O) groups is 1. The lowest BCUT2D eigenvalue weighted by Crippen LogP contribution is -2.13. The highest BCUT2D eigenvalue weighted by Gasteiger charge is 2.09. The molecule has 2 rings (SSSR count). The van der Waals surface area contributed by atoms with E-state index in [1.54, 1.807) is 36.4 Å². The molecule has 4 nitrogen and oxygen atoms in total. The van der Waals surface area contributed by atoms with E-state index in [-0.39, 0.29) is 5.91 Å². The SMILES string of the molecule is COc1ccc(NC(=O)c2cccc(Br)n2)cc1Cl. The number of nitrogens with zero attached hydrogens (tertiary/aromatic N) is 1. The molecule has 0 fully saturated rings. The molecule has 0 aliphatic heterocycles. The molecule has 6 heteroatoms. The van der Waals surface area contributed by atoms with Crippen LogP contribution in [0.4, 0.5) is 5.69 Å². The summed E-state index contributed by atoms with van der Waals surface area (Å²) in [4.78, 5) is 16.0. The van der Waals surface area contributed by atoms with E-state index in [1.807, 2.05) is 0 Å². The number of carbonyl (C=O) groups excluding carboxylic acids is 1. The molecule has 0 saturated carbocycles. The summed E-state index contributed by atoms with van der Waals surface area (Å²) in [5.74, 6) is 0.253. The zero-order chi connectivity index (χ0) is 13.8. The van der Waals surface area contributed by atoms with Gasteiger partial charge in [0.15, 0.2) is 0 Å². The van der Waals surface area contributed by atoms with Crippen LogP contribution in [0.1, 0.15) is 10.5 Å². The smallest absolute Gasteiger partial charge is 0.274 e. The van der Waals surface area contributed by atoms with E-state index in [1.165, 1.54) is 7.11 Å². The summed E-state index contributed by atoms with van der Waals surface area (Å²) >= 11 is 9.20. The van der Waals surface area contributed by atoms with Gasteiger partial charge >= 0.3 is 0 Å². The summed E-state index contributed by atoms with van der Waals surface area (Å²) in [6, 6.07) is 10.1. The fourth-order valence-electron chi connectivity index (χ4n) is 1.47. The first-order valence-electron chi connectivity index (χ1n) is 5.37. The van der Waals surface area contributed by atoms with Crippen LogP contribution in [0, 0.1) is 0 Å². The highest BCUT2D eigenvalue weighted by atomic mass is 79.9. The molecule has 0 radical (unpaired) electrons. The van der Waals surface area contributed by atoms with Gasteiger partial charge < -0.3 is 10.1 Å². The second kappa shape index (κ2) is 6.04. The van der Waals surface area contributed by atoms with Gasteiger partial charge in [0.25, 0.3) is 5.91 Å². The van der Waals surface area contributed by atoms with Gasteiger partial charge in [0.05, 0.1) is 12.1 Å². The molecule has 1 heterocycles. The molecule has 0 spiro atoms. The number of halogens is 2. The summed E-state index contributed by atoms with van der Waals surface area (Å²) in [6.07, 6.45) is 0. The van der Waals surface area contributed by atoms with Gasteiger partial charge in [-0.2, -0.15) is 0 Å². The van der Waals surface area contributed by atoms with Crippen LogP contribution < -0.4 is 10.1 Å². The molecule has 2 aromatic rings. The van der Waals surface area contributed by atoms with Gasteiger partial charge in [0, 0.05) is 5.69 Å². The van der Waals surface area contributed by atoms with Crippen LogP contribution in [0.3, 0.4) is 0 Å². The summed E-state index contributed by atoms with van der Waals surface area (Å²) < 4.78 is 5.65. The Balaban J connectivity index is 2.17. The molecule has 0 aliphatic rings. The second-order valence-electron chi connectivity index (χ2n) is 3.65. The Kier molecular flexibility index (Phi) is 4.39. The van der Waals surface area contributed by atoms with Crippen molar-refractivity contribution in [1.29, 1.82) is 0 Å². The van der Waals surface area contributed by atoms with Crippen molar-refractivity contribution in [2.24, 2.45) is 0 Å². The zero-order valence-electron chi connectivity index (χ0n) is 9.98. The Morgan fingerprint density at radius 2 is 2.16 bits per heavy atom. The van der Waals surface area contributed by atoms with Crippen molar-refractivity contribution in [2.75, 3.05) is 12.4 Å². The van der Waals surface area contributed by atoms with Gasteiger partial charge in [-0.3, -0.25) is 4.79 Å². The molecule has 19 heavy (non-hydrogen) atoms. The average Bonchev–Trinajstić information content (AvgIpc) is 2.39. The Morgan fingerprint density at radius 3 is 2.79 bits per heavy atom. The molecular weight excluding hydrogens is 332 g/mol. The van der Waals surface area contributed by atoms with Crippen LogP contribution in [0.2, 0.25) is 5.02 Å². The summed E-state index contributed by atoms with van der Waals surface area (Å²) in [6.45, 7) is 0. The van der Waals surface area contributed by atoms with Gasteiger partial charge in [-0.25, -0.2) is 4.98 Å². The lowest BCUT2D eigenvalue weighted by molar-refractivity contribution is 0.102. The van der Waals surface area contributed by atoms with Crippen LogP contribution in [0.15, 0.2) is 41.0 Å². The molecular formula is C13H10BrClN2O2.